The fourth-order valence-corrected chi connectivity index (χ4v) is 3.09. The van der Waals surface area contributed by atoms with Crippen molar-refractivity contribution in [3.05, 3.63) is 34.9 Å². The van der Waals surface area contributed by atoms with Gasteiger partial charge in [0, 0.05) is 36.6 Å². The molecule has 6 heteroatoms. The number of piperidine rings is 1. The zero-order valence-corrected chi connectivity index (χ0v) is 14.5. The van der Waals surface area contributed by atoms with Gasteiger partial charge in [0.2, 0.25) is 5.91 Å². The Kier molecular flexibility index (Phi) is 5.61. The maximum atomic E-state index is 12.3. The summed E-state index contributed by atoms with van der Waals surface area (Å²) < 4.78 is 0. The molecule has 1 saturated carbocycles. The van der Waals surface area contributed by atoms with E-state index in [1.165, 1.54) is 0 Å². The van der Waals surface area contributed by atoms with Crippen molar-refractivity contribution in [1.82, 2.24) is 15.5 Å². The number of hydrogen-bond acceptors (Lipinski definition) is 2. The van der Waals surface area contributed by atoms with E-state index < -0.39 is 0 Å². The van der Waals surface area contributed by atoms with Crippen molar-refractivity contribution >= 4 is 23.5 Å². The van der Waals surface area contributed by atoms with Crippen LogP contribution < -0.4 is 10.6 Å². The Labute approximate surface area is 147 Å². The second kappa shape index (κ2) is 7.88. The molecule has 0 bridgehead atoms. The van der Waals surface area contributed by atoms with Gasteiger partial charge >= 0.3 is 6.03 Å². The smallest absolute Gasteiger partial charge is 0.317 e. The summed E-state index contributed by atoms with van der Waals surface area (Å²) in [6.45, 7) is 1.95. The van der Waals surface area contributed by atoms with Crippen LogP contribution in [-0.2, 0) is 11.2 Å². The number of likely N-dealkylation sites (tertiary alicyclic amines) is 1. The van der Waals surface area contributed by atoms with Gasteiger partial charge in [-0.3, -0.25) is 4.79 Å². The minimum atomic E-state index is 0.0141. The molecule has 130 valence electrons. The highest BCUT2D eigenvalue weighted by molar-refractivity contribution is 6.30. The Morgan fingerprint density at radius 1 is 1.08 bits per heavy atom. The number of halogens is 1. The standard InChI is InChI=1S/C18H24ClN3O2/c19-15-3-1-13(2-4-15)7-10-20-17(23)14-8-11-22(12-9-14)18(24)21-16-5-6-16/h1-4,14,16H,5-12H2,(H,20,23)(H,21,24). The van der Waals surface area contributed by atoms with Crippen molar-refractivity contribution in [2.45, 2.75) is 38.1 Å². The molecule has 0 aromatic heterocycles. The summed E-state index contributed by atoms with van der Waals surface area (Å²) in [5, 5.41) is 6.73. The number of hydrogen-bond donors (Lipinski definition) is 2. The predicted octanol–water partition coefficient (Wildman–Crippen LogP) is 2.58. The molecule has 1 heterocycles. The molecule has 24 heavy (non-hydrogen) atoms. The van der Waals surface area contributed by atoms with E-state index in [0.29, 0.717) is 25.7 Å². The monoisotopic (exact) mass is 349 g/mol. The van der Waals surface area contributed by atoms with E-state index in [2.05, 4.69) is 10.6 Å². The second-order valence-corrected chi connectivity index (χ2v) is 7.09. The van der Waals surface area contributed by atoms with Crippen molar-refractivity contribution < 1.29 is 9.59 Å². The number of carbonyl (C=O) groups is 2. The molecule has 3 rings (SSSR count). The van der Waals surface area contributed by atoms with Crippen LogP contribution in [0.1, 0.15) is 31.2 Å². The maximum Gasteiger partial charge on any atom is 0.317 e. The van der Waals surface area contributed by atoms with Gasteiger partial charge in [0.1, 0.15) is 0 Å². The fourth-order valence-electron chi connectivity index (χ4n) is 2.96. The van der Waals surface area contributed by atoms with E-state index in [1.807, 2.05) is 29.2 Å². The quantitative estimate of drug-likeness (QED) is 0.858. The zero-order chi connectivity index (χ0) is 16.9. The lowest BCUT2D eigenvalue weighted by Crippen LogP contribution is -2.47. The van der Waals surface area contributed by atoms with Crippen LogP contribution in [0.25, 0.3) is 0 Å². The number of carbonyl (C=O) groups excluding carboxylic acids is 2. The lowest BCUT2D eigenvalue weighted by atomic mass is 9.96. The molecule has 1 aliphatic heterocycles. The molecule has 0 atom stereocenters. The summed E-state index contributed by atoms with van der Waals surface area (Å²) in [5.74, 6) is 0.117. The van der Waals surface area contributed by atoms with Gasteiger partial charge in [0.05, 0.1) is 0 Å². The molecule has 3 amide bonds. The van der Waals surface area contributed by atoms with Crippen molar-refractivity contribution in [2.24, 2.45) is 5.92 Å². The first-order chi connectivity index (χ1) is 11.6. The van der Waals surface area contributed by atoms with Crippen LogP contribution in [0.15, 0.2) is 24.3 Å². The van der Waals surface area contributed by atoms with Gasteiger partial charge in [0.25, 0.3) is 0 Å². The Hall–Kier alpha value is -1.75. The maximum absolute atomic E-state index is 12.3. The first kappa shape index (κ1) is 17.1. The van der Waals surface area contributed by atoms with Crippen LogP contribution in [0, 0.1) is 5.92 Å². The normalized spacial score (nSPS) is 18.3. The Bertz CT molecular complexity index is 578. The second-order valence-electron chi connectivity index (χ2n) is 6.65. The Balaban J connectivity index is 1.35. The van der Waals surface area contributed by atoms with Crippen LogP contribution in [0.5, 0.6) is 0 Å². The van der Waals surface area contributed by atoms with Crippen molar-refractivity contribution in [3.63, 3.8) is 0 Å². The fraction of sp³-hybridized carbons (Fsp3) is 0.556. The molecule has 5 nitrogen and oxygen atoms in total. The molecule has 0 spiro atoms. The molecule has 1 aromatic carbocycles. The van der Waals surface area contributed by atoms with Gasteiger partial charge < -0.3 is 15.5 Å². The van der Waals surface area contributed by atoms with Crippen LogP contribution in [0.4, 0.5) is 4.79 Å². The predicted molar refractivity (Wildman–Crippen MR) is 94.0 cm³/mol. The highest BCUT2D eigenvalue weighted by atomic mass is 35.5. The van der Waals surface area contributed by atoms with E-state index in [-0.39, 0.29) is 17.9 Å². The number of nitrogens with one attached hydrogen (secondary N) is 2. The molecule has 0 radical (unpaired) electrons. The van der Waals surface area contributed by atoms with E-state index >= 15 is 0 Å². The van der Waals surface area contributed by atoms with Gasteiger partial charge in [-0.25, -0.2) is 4.79 Å². The summed E-state index contributed by atoms with van der Waals surface area (Å²) in [6.07, 6.45) is 4.47. The number of nitrogens with zero attached hydrogens (tertiary/aromatic N) is 1. The average Bonchev–Trinajstić information content (AvgIpc) is 3.40. The number of amides is 3. The van der Waals surface area contributed by atoms with Crippen LogP contribution in [0.3, 0.4) is 0 Å². The summed E-state index contributed by atoms with van der Waals surface area (Å²) in [5.41, 5.74) is 1.16. The zero-order valence-electron chi connectivity index (χ0n) is 13.8. The van der Waals surface area contributed by atoms with Crippen molar-refractivity contribution in [3.8, 4) is 0 Å². The first-order valence-electron chi connectivity index (χ1n) is 8.69. The van der Waals surface area contributed by atoms with Crippen LogP contribution in [-0.4, -0.2) is 42.5 Å². The third kappa shape index (κ3) is 4.87. The largest absolute Gasteiger partial charge is 0.356 e. The lowest BCUT2D eigenvalue weighted by Gasteiger charge is -2.31. The van der Waals surface area contributed by atoms with Gasteiger partial charge in [-0.1, -0.05) is 23.7 Å². The minimum absolute atomic E-state index is 0.0141. The SMILES string of the molecule is O=C(NCCc1ccc(Cl)cc1)C1CCN(C(=O)NC2CC2)CC1. The third-order valence-corrected chi connectivity index (χ3v) is 4.94. The van der Waals surface area contributed by atoms with Crippen molar-refractivity contribution in [1.29, 1.82) is 0 Å². The van der Waals surface area contributed by atoms with Gasteiger partial charge in [-0.05, 0) is 49.8 Å². The first-order valence-corrected chi connectivity index (χ1v) is 9.07. The lowest BCUT2D eigenvalue weighted by molar-refractivity contribution is -0.126. The van der Waals surface area contributed by atoms with Crippen molar-refractivity contribution in [2.75, 3.05) is 19.6 Å². The van der Waals surface area contributed by atoms with Gasteiger partial charge in [0.15, 0.2) is 0 Å². The van der Waals surface area contributed by atoms with E-state index in [4.69, 9.17) is 11.6 Å². The highest BCUT2D eigenvalue weighted by Crippen LogP contribution is 2.21. The highest BCUT2D eigenvalue weighted by Gasteiger charge is 2.30. The summed E-state index contributed by atoms with van der Waals surface area (Å²) >= 11 is 5.86. The molecule has 0 unspecified atom stereocenters. The Morgan fingerprint density at radius 2 is 1.75 bits per heavy atom. The summed E-state index contributed by atoms with van der Waals surface area (Å²) in [4.78, 5) is 26.1. The molecule has 1 aromatic rings. The number of benzene rings is 1. The molecule has 2 fully saturated rings. The number of rotatable bonds is 5. The molecule has 1 aliphatic carbocycles. The topological polar surface area (TPSA) is 61.4 Å². The molecular formula is C18H24ClN3O2. The average molecular weight is 350 g/mol. The van der Waals surface area contributed by atoms with E-state index in [9.17, 15) is 9.59 Å². The van der Waals surface area contributed by atoms with Gasteiger partial charge in [-0.15, -0.1) is 0 Å². The Morgan fingerprint density at radius 3 is 2.38 bits per heavy atom. The van der Waals surface area contributed by atoms with Crippen LogP contribution >= 0.6 is 11.6 Å². The van der Waals surface area contributed by atoms with E-state index in [1.54, 1.807) is 0 Å². The molecule has 1 saturated heterocycles. The summed E-state index contributed by atoms with van der Waals surface area (Å²) in [6, 6.07) is 8.09. The van der Waals surface area contributed by atoms with E-state index in [0.717, 1.165) is 42.7 Å². The minimum Gasteiger partial charge on any atom is -0.356 e. The third-order valence-electron chi connectivity index (χ3n) is 4.68. The molecular weight excluding hydrogens is 326 g/mol. The molecule has 2 N–H and O–H groups in total. The van der Waals surface area contributed by atoms with Gasteiger partial charge in [-0.2, -0.15) is 0 Å². The molecule has 2 aliphatic rings. The van der Waals surface area contributed by atoms with Crippen LogP contribution in [0.2, 0.25) is 5.02 Å². The number of urea groups is 1. The summed E-state index contributed by atoms with van der Waals surface area (Å²) in [7, 11) is 0.